The molecule has 0 unspecified atom stereocenters. The highest BCUT2D eigenvalue weighted by Crippen LogP contribution is 2.30. The molecule has 166 valence electrons. The topological polar surface area (TPSA) is 92.7 Å². The first-order valence-electron chi connectivity index (χ1n) is 10.6. The molecule has 0 spiro atoms. The van der Waals surface area contributed by atoms with Crippen molar-refractivity contribution in [2.24, 2.45) is 0 Å². The van der Waals surface area contributed by atoms with Gasteiger partial charge in [-0.2, -0.15) is 4.31 Å². The lowest BCUT2D eigenvalue weighted by molar-refractivity contribution is 0.101. The molecule has 8 nitrogen and oxygen atoms in total. The molecule has 0 N–H and O–H groups in total. The number of hydrogen-bond donors (Lipinski definition) is 0. The first-order chi connectivity index (χ1) is 14.8. The van der Waals surface area contributed by atoms with Gasteiger partial charge in [0, 0.05) is 49.4 Å². The number of piperidine rings is 1. The molecule has 0 atom stereocenters. The van der Waals surface area contributed by atoms with E-state index in [1.807, 2.05) is 13.0 Å². The van der Waals surface area contributed by atoms with Gasteiger partial charge in [-0.3, -0.25) is 4.79 Å². The van der Waals surface area contributed by atoms with Crippen molar-refractivity contribution in [2.75, 3.05) is 44.3 Å². The van der Waals surface area contributed by atoms with E-state index in [0.29, 0.717) is 44.7 Å². The Morgan fingerprint density at radius 2 is 1.68 bits per heavy atom. The van der Waals surface area contributed by atoms with Crippen LogP contribution in [-0.4, -0.2) is 67.9 Å². The van der Waals surface area contributed by atoms with Gasteiger partial charge < -0.3 is 9.64 Å². The van der Waals surface area contributed by atoms with Gasteiger partial charge in [0.05, 0.1) is 18.1 Å². The van der Waals surface area contributed by atoms with E-state index >= 15 is 0 Å². The molecule has 2 aromatic rings. The second-order valence-electron chi connectivity index (χ2n) is 8.08. The molecular formula is C22H28N4O4S. The summed E-state index contributed by atoms with van der Waals surface area (Å²) in [6, 6.07) is 8.15. The number of rotatable bonds is 5. The van der Waals surface area contributed by atoms with Crippen molar-refractivity contribution >= 4 is 21.6 Å². The van der Waals surface area contributed by atoms with Gasteiger partial charge in [0.25, 0.3) is 0 Å². The number of sulfonamides is 1. The van der Waals surface area contributed by atoms with E-state index < -0.39 is 10.0 Å². The molecule has 1 aromatic heterocycles. The van der Waals surface area contributed by atoms with E-state index in [4.69, 9.17) is 9.72 Å². The molecular weight excluding hydrogens is 416 g/mol. The minimum Gasteiger partial charge on any atom is -0.378 e. The third-order valence-corrected chi connectivity index (χ3v) is 7.82. The number of benzene rings is 1. The number of anilines is 1. The van der Waals surface area contributed by atoms with Crippen LogP contribution in [-0.2, 0) is 14.8 Å². The Kier molecular flexibility index (Phi) is 6.36. The van der Waals surface area contributed by atoms with E-state index in [1.54, 1.807) is 12.1 Å². The summed E-state index contributed by atoms with van der Waals surface area (Å²) in [6.45, 7) is 7.30. The second kappa shape index (κ2) is 9.02. The van der Waals surface area contributed by atoms with Gasteiger partial charge in [-0.25, -0.2) is 18.4 Å². The number of aryl methyl sites for hydroxylation is 1. The van der Waals surface area contributed by atoms with Crippen LogP contribution in [0.1, 0.15) is 47.6 Å². The third kappa shape index (κ3) is 4.78. The second-order valence-corrected chi connectivity index (χ2v) is 10.0. The number of ketones is 1. The van der Waals surface area contributed by atoms with E-state index in [9.17, 15) is 13.2 Å². The molecule has 2 saturated heterocycles. The van der Waals surface area contributed by atoms with Gasteiger partial charge >= 0.3 is 0 Å². The summed E-state index contributed by atoms with van der Waals surface area (Å²) < 4.78 is 33.0. The number of carbonyl (C=O) groups excluding carboxylic acids is 1. The summed E-state index contributed by atoms with van der Waals surface area (Å²) >= 11 is 0. The molecule has 31 heavy (non-hydrogen) atoms. The van der Waals surface area contributed by atoms with Crippen LogP contribution < -0.4 is 4.90 Å². The summed E-state index contributed by atoms with van der Waals surface area (Å²) in [4.78, 5) is 23.3. The predicted molar refractivity (Wildman–Crippen MR) is 117 cm³/mol. The lowest BCUT2D eigenvalue weighted by Gasteiger charge is -2.32. The molecule has 0 aliphatic carbocycles. The molecule has 0 bridgehead atoms. The Bertz CT molecular complexity index is 1040. The molecule has 0 amide bonds. The molecule has 4 rings (SSSR count). The van der Waals surface area contributed by atoms with Crippen LogP contribution in [0.15, 0.2) is 35.2 Å². The molecule has 0 saturated carbocycles. The Morgan fingerprint density at radius 1 is 1.03 bits per heavy atom. The van der Waals surface area contributed by atoms with E-state index in [-0.39, 0.29) is 16.6 Å². The van der Waals surface area contributed by atoms with Crippen LogP contribution in [0.2, 0.25) is 0 Å². The van der Waals surface area contributed by atoms with Crippen LogP contribution in [0.5, 0.6) is 0 Å². The summed E-state index contributed by atoms with van der Waals surface area (Å²) in [5.41, 5.74) is 1.43. The van der Waals surface area contributed by atoms with Crippen molar-refractivity contribution in [1.29, 1.82) is 0 Å². The largest absolute Gasteiger partial charge is 0.378 e. The Morgan fingerprint density at radius 3 is 2.29 bits per heavy atom. The number of morpholine rings is 1. The van der Waals surface area contributed by atoms with E-state index in [2.05, 4.69) is 9.88 Å². The number of aromatic nitrogens is 2. The van der Waals surface area contributed by atoms with Crippen molar-refractivity contribution in [3.63, 3.8) is 0 Å². The Balaban J connectivity index is 1.46. The summed E-state index contributed by atoms with van der Waals surface area (Å²) in [5.74, 6) is 1.77. The fraction of sp³-hybridized carbons (Fsp3) is 0.500. The highest BCUT2D eigenvalue weighted by Gasteiger charge is 2.31. The maximum atomic E-state index is 13.0. The van der Waals surface area contributed by atoms with Gasteiger partial charge in [-0.15, -0.1) is 0 Å². The maximum Gasteiger partial charge on any atom is 0.243 e. The number of Topliss-reactive ketones (excluding diaryl/α,β-unsaturated/α-hetero) is 1. The minimum absolute atomic E-state index is 0.0839. The number of carbonyl (C=O) groups is 1. The summed E-state index contributed by atoms with van der Waals surface area (Å²) in [6.07, 6.45) is 1.35. The molecule has 9 heteroatoms. The zero-order chi connectivity index (χ0) is 22.0. The van der Waals surface area contributed by atoms with Crippen LogP contribution >= 0.6 is 0 Å². The molecule has 2 fully saturated rings. The zero-order valence-corrected chi connectivity index (χ0v) is 18.8. The fourth-order valence-electron chi connectivity index (χ4n) is 4.08. The smallest absolute Gasteiger partial charge is 0.243 e. The highest BCUT2D eigenvalue weighted by atomic mass is 32.2. The molecule has 2 aliphatic heterocycles. The van der Waals surface area contributed by atoms with Gasteiger partial charge in [-0.05, 0) is 38.8 Å². The van der Waals surface area contributed by atoms with Crippen molar-refractivity contribution in [1.82, 2.24) is 14.3 Å². The minimum atomic E-state index is -3.58. The van der Waals surface area contributed by atoms with Gasteiger partial charge in [0.2, 0.25) is 10.0 Å². The first kappa shape index (κ1) is 21.9. The standard InChI is InChI=1S/C22H28N4O4S/c1-16-15-21(25-11-13-30-14-12-25)24-22(23-16)19-7-9-26(10-8-19)31(28,29)20-5-3-18(4-6-20)17(2)27/h3-6,15,19H,7-14H2,1-2H3. The molecule has 2 aliphatic rings. The Labute approximate surface area is 183 Å². The van der Waals surface area contributed by atoms with Crippen LogP contribution in [0.25, 0.3) is 0 Å². The van der Waals surface area contributed by atoms with Crippen molar-refractivity contribution in [3.05, 3.63) is 47.4 Å². The monoisotopic (exact) mass is 444 g/mol. The van der Waals surface area contributed by atoms with Gasteiger partial charge in [-0.1, -0.05) is 12.1 Å². The highest BCUT2D eigenvalue weighted by molar-refractivity contribution is 7.89. The van der Waals surface area contributed by atoms with Crippen molar-refractivity contribution in [2.45, 2.75) is 37.5 Å². The number of nitrogens with zero attached hydrogens (tertiary/aromatic N) is 4. The first-order valence-corrected chi connectivity index (χ1v) is 12.1. The quantitative estimate of drug-likeness (QED) is 0.654. The molecule has 0 radical (unpaired) electrons. The molecule has 1 aromatic carbocycles. The number of ether oxygens (including phenoxy) is 1. The fourth-order valence-corrected chi connectivity index (χ4v) is 5.55. The lowest BCUT2D eigenvalue weighted by Crippen LogP contribution is -2.39. The maximum absolute atomic E-state index is 13.0. The third-order valence-electron chi connectivity index (χ3n) is 5.91. The lowest BCUT2D eigenvalue weighted by atomic mass is 9.97. The normalized spacial score (nSPS) is 18.8. The average Bonchev–Trinajstić information content (AvgIpc) is 2.79. The zero-order valence-electron chi connectivity index (χ0n) is 18.0. The van der Waals surface area contributed by atoms with Crippen LogP contribution in [0.4, 0.5) is 5.82 Å². The predicted octanol–water partition coefficient (Wildman–Crippen LogP) is 2.39. The van der Waals surface area contributed by atoms with Gasteiger partial charge in [0.1, 0.15) is 11.6 Å². The van der Waals surface area contributed by atoms with E-state index in [1.165, 1.54) is 23.4 Å². The molecule has 3 heterocycles. The van der Waals surface area contributed by atoms with Gasteiger partial charge in [0.15, 0.2) is 5.78 Å². The SMILES string of the molecule is CC(=O)c1ccc(S(=O)(=O)N2CCC(c3nc(C)cc(N4CCOCC4)n3)CC2)cc1. The van der Waals surface area contributed by atoms with Crippen LogP contribution in [0, 0.1) is 6.92 Å². The Hall–Kier alpha value is -2.36. The summed E-state index contributed by atoms with van der Waals surface area (Å²) in [7, 11) is -3.58. The van der Waals surface area contributed by atoms with E-state index in [0.717, 1.165) is 30.4 Å². The van der Waals surface area contributed by atoms with Crippen molar-refractivity contribution < 1.29 is 17.9 Å². The summed E-state index contributed by atoms with van der Waals surface area (Å²) in [5, 5.41) is 0. The van der Waals surface area contributed by atoms with Crippen molar-refractivity contribution in [3.8, 4) is 0 Å². The number of hydrogen-bond acceptors (Lipinski definition) is 7. The van der Waals surface area contributed by atoms with Crippen LogP contribution in [0.3, 0.4) is 0 Å². The average molecular weight is 445 g/mol.